The number of hydrogen-bond donors (Lipinski definition) is 0. The minimum atomic E-state index is -3.50. The molecule has 0 saturated heterocycles. The maximum atomic E-state index is 13.3. The Hall–Kier alpha value is -0.500. The van der Waals surface area contributed by atoms with Gasteiger partial charge in [-0.2, -0.15) is 4.31 Å². The van der Waals surface area contributed by atoms with Gasteiger partial charge in [-0.1, -0.05) is 0 Å². The van der Waals surface area contributed by atoms with Crippen LogP contribution >= 0.6 is 15.9 Å². The maximum absolute atomic E-state index is 13.3. The van der Waals surface area contributed by atoms with Gasteiger partial charge in [0.1, 0.15) is 5.82 Å². The highest BCUT2D eigenvalue weighted by atomic mass is 79.9. The fourth-order valence-electron chi connectivity index (χ4n) is 1.74. The number of sulfonamides is 1. The molecule has 1 aliphatic heterocycles. The van der Waals surface area contributed by atoms with Gasteiger partial charge in [0, 0.05) is 20.2 Å². The van der Waals surface area contributed by atoms with Gasteiger partial charge in [-0.3, -0.25) is 0 Å². The van der Waals surface area contributed by atoms with E-state index in [1.807, 2.05) is 0 Å². The number of hydrogen-bond acceptors (Lipinski definition) is 3. The van der Waals surface area contributed by atoms with E-state index < -0.39 is 15.8 Å². The summed E-state index contributed by atoms with van der Waals surface area (Å²) >= 11 is 2.99. The van der Waals surface area contributed by atoms with Gasteiger partial charge in [0.05, 0.1) is 16.0 Å². The summed E-state index contributed by atoms with van der Waals surface area (Å²) in [6.07, 6.45) is 0. The molecule has 0 atom stereocenters. The van der Waals surface area contributed by atoms with E-state index in [4.69, 9.17) is 4.74 Å². The first-order chi connectivity index (χ1) is 7.96. The summed E-state index contributed by atoms with van der Waals surface area (Å²) in [5.74, 6) is -0.451. The molecule has 0 saturated carbocycles. The van der Waals surface area contributed by atoms with Crippen LogP contribution in [-0.2, 0) is 21.3 Å². The van der Waals surface area contributed by atoms with Gasteiger partial charge in [-0.15, -0.1) is 0 Å². The zero-order valence-electron chi connectivity index (χ0n) is 9.11. The average molecular weight is 324 g/mol. The topological polar surface area (TPSA) is 46.6 Å². The zero-order valence-corrected chi connectivity index (χ0v) is 11.5. The zero-order chi connectivity index (χ0) is 12.6. The van der Waals surface area contributed by atoms with Gasteiger partial charge in [-0.05, 0) is 33.6 Å². The Morgan fingerprint density at radius 2 is 2.24 bits per heavy atom. The van der Waals surface area contributed by atoms with Gasteiger partial charge in [0.2, 0.25) is 10.0 Å². The van der Waals surface area contributed by atoms with E-state index >= 15 is 0 Å². The van der Waals surface area contributed by atoms with Crippen molar-refractivity contribution in [1.82, 2.24) is 4.31 Å². The summed E-state index contributed by atoms with van der Waals surface area (Å²) in [7, 11) is -2.00. The van der Waals surface area contributed by atoms with E-state index in [1.165, 1.54) is 23.5 Å². The molecule has 1 aliphatic rings. The smallest absolute Gasteiger partial charge is 0.243 e. The molecular weight excluding hydrogens is 313 g/mol. The molecular formula is C10H11BrFNO3S. The standard InChI is InChI=1S/C10H11BrFNO3S/c1-16-3-2-13-6-7-4-9(12)8(11)5-10(7)17(13,14)15/h4-5H,2-3,6H2,1H3. The van der Waals surface area contributed by atoms with Crippen molar-refractivity contribution in [3.05, 3.63) is 28.0 Å². The van der Waals surface area contributed by atoms with Gasteiger partial charge >= 0.3 is 0 Å². The van der Waals surface area contributed by atoms with Crippen LogP contribution in [0.25, 0.3) is 0 Å². The van der Waals surface area contributed by atoms with Crippen molar-refractivity contribution in [2.24, 2.45) is 0 Å². The van der Waals surface area contributed by atoms with Gasteiger partial charge < -0.3 is 4.74 Å². The Morgan fingerprint density at radius 1 is 1.53 bits per heavy atom. The predicted octanol–water partition coefficient (Wildman–Crippen LogP) is 1.74. The number of benzene rings is 1. The molecule has 17 heavy (non-hydrogen) atoms. The first kappa shape index (κ1) is 12.9. The van der Waals surface area contributed by atoms with Crippen LogP contribution < -0.4 is 0 Å². The molecule has 94 valence electrons. The molecule has 0 N–H and O–H groups in total. The van der Waals surface area contributed by atoms with Crippen LogP contribution in [0, 0.1) is 5.82 Å². The summed E-state index contributed by atoms with van der Waals surface area (Å²) < 4.78 is 43.8. The van der Waals surface area contributed by atoms with E-state index in [9.17, 15) is 12.8 Å². The van der Waals surface area contributed by atoms with E-state index in [0.717, 1.165) is 0 Å². The second-order valence-corrected chi connectivity index (χ2v) is 6.47. The highest BCUT2D eigenvalue weighted by Crippen LogP contribution is 2.33. The van der Waals surface area contributed by atoms with Gasteiger partial charge in [0.25, 0.3) is 0 Å². The first-order valence-electron chi connectivity index (χ1n) is 4.94. The van der Waals surface area contributed by atoms with Gasteiger partial charge in [-0.25, -0.2) is 12.8 Å². The number of nitrogens with zero attached hydrogens (tertiary/aromatic N) is 1. The highest BCUT2D eigenvalue weighted by Gasteiger charge is 2.35. The third-order valence-corrected chi connectivity index (χ3v) is 5.15. The van der Waals surface area contributed by atoms with Crippen molar-refractivity contribution in [3.8, 4) is 0 Å². The minimum Gasteiger partial charge on any atom is -0.383 e. The van der Waals surface area contributed by atoms with Crippen molar-refractivity contribution in [1.29, 1.82) is 0 Å². The summed E-state index contributed by atoms with van der Waals surface area (Å²) in [6.45, 7) is 0.787. The molecule has 1 aromatic carbocycles. The molecule has 0 spiro atoms. The Balaban J connectivity index is 2.40. The van der Waals surface area contributed by atoms with Crippen molar-refractivity contribution in [3.63, 3.8) is 0 Å². The van der Waals surface area contributed by atoms with Crippen LogP contribution in [0.5, 0.6) is 0 Å². The maximum Gasteiger partial charge on any atom is 0.243 e. The molecule has 1 aromatic rings. The quantitative estimate of drug-likeness (QED) is 0.851. The summed E-state index contributed by atoms with van der Waals surface area (Å²) in [5, 5.41) is 0. The third kappa shape index (κ3) is 2.24. The van der Waals surface area contributed by atoms with Crippen molar-refractivity contribution >= 4 is 26.0 Å². The van der Waals surface area contributed by atoms with Gasteiger partial charge in [0.15, 0.2) is 0 Å². The monoisotopic (exact) mass is 323 g/mol. The largest absolute Gasteiger partial charge is 0.383 e. The lowest BCUT2D eigenvalue weighted by Crippen LogP contribution is -2.27. The predicted molar refractivity (Wildman–Crippen MR) is 63.6 cm³/mol. The SMILES string of the molecule is COCCN1Cc2cc(F)c(Br)cc2S1(=O)=O. The van der Waals surface area contributed by atoms with Crippen LogP contribution in [0.1, 0.15) is 5.56 Å². The molecule has 0 fully saturated rings. The summed E-state index contributed by atoms with van der Waals surface area (Å²) in [4.78, 5) is 0.168. The molecule has 1 heterocycles. The molecule has 7 heteroatoms. The lowest BCUT2D eigenvalue weighted by molar-refractivity contribution is 0.179. The molecule has 0 unspecified atom stereocenters. The van der Waals surface area contributed by atoms with Crippen LogP contribution in [0.3, 0.4) is 0 Å². The molecule has 0 amide bonds. The summed E-state index contributed by atoms with van der Waals surface area (Å²) in [5.41, 5.74) is 0.488. The normalized spacial score (nSPS) is 18.3. The number of halogens is 2. The van der Waals surface area contributed by atoms with E-state index in [2.05, 4.69) is 15.9 Å². The number of methoxy groups -OCH3 is 1. The van der Waals surface area contributed by atoms with Crippen molar-refractivity contribution in [2.45, 2.75) is 11.4 Å². The molecule has 0 aliphatic carbocycles. The minimum absolute atomic E-state index is 0.161. The second kappa shape index (κ2) is 4.64. The third-order valence-electron chi connectivity index (χ3n) is 2.61. The van der Waals surface area contributed by atoms with Crippen molar-refractivity contribution < 1.29 is 17.5 Å². The van der Waals surface area contributed by atoms with E-state index in [0.29, 0.717) is 12.2 Å². The number of fused-ring (bicyclic) bond motifs is 1. The number of rotatable bonds is 3. The molecule has 2 rings (SSSR count). The van der Waals surface area contributed by atoms with Crippen LogP contribution in [0.2, 0.25) is 0 Å². The fourth-order valence-corrected chi connectivity index (χ4v) is 3.86. The Labute approximate surface area is 108 Å². The highest BCUT2D eigenvalue weighted by molar-refractivity contribution is 9.10. The summed E-state index contributed by atoms with van der Waals surface area (Å²) in [6, 6.07) is 2.57. The Kier molecular flexibility index (Phi) is 3.53. The average Bonchev–Trinajstić information content (AvgIpc) is 2.49. The van der Waals surface area contributed by atoms with E-state index in [-0.39, 0.29) is 22.5 Å². The van der Waals surface area contributed by atoms with Crippen LogP contribution in [0.15, 0.2) is 21.5 Å². The lowest BCUT2D eigenvalue weighted by Gasteiger charge is -2.13. The number of ether oxygens (including phenoxy) is 1. The molecule has 0 aromatic heterocycles. The van der Waals surface area contributed by atoms with Crippen LogP contribution in [0.4, 0.5) is 4.39 Å². The van der Waals surface area contributed by atoms with Crippen LogP contribution in [-0.4, -0.2) is 33.0 Å². The second-order valence-electron chi connectivity index (χ2n) is 3.71. The van der Waals surface area contributed by atoms with Crippen molar-refractivity contribution in [2.75, 3.05) is 20.3 Å². The Morgan fingerprint density at radius 3 is 2.88 bits per heavy atom. The first-order valence-corrected chi connectivity index (χ1v) is 7.17. The Bertz CT molecular complexity index is 547. The van der Waals surface area contributed by atoms with E-state index in [1.54, 1.807) is 0 Å². The molecule has 0 bridgehead atoms. The molecule has 4 nitrogen and oxygen atoms in total. The fraction of sp³-hybridized carbons (Fsp3) is 0.400. The molecule has 0 radical (unpaired) electrons. The lowest BCUT2D eigenvalue weighted by atomic mass is 10.2.